The number of hydrogen-bond acceptors (Lipinski definition) is 5. The van der Waals surface area contributed by atoms with Gasteiger partial charge in [-0.3, -0.25) is 4.79 Å². The lowest BCUT2D eigenvalue weighted by atomic mass is 9.97. The molecule has 0 bridgehead atoms. The van der Waals surface area contributed by atoms with Gasteiger partial charge in [-0.15, -0.1) is 0 Å². The molecule has 1 aliphatic carbocycles. The zero-order valence-corrected chi connectivity index (χ0v) is 15.1. The third-order valence-electron chi connectivity index (χ3n) is 5.97. The van der Waals surface area contributed by atoms with Crippen LogP contribution in [0.2, 0.25) is 0 Å². The van der Waals surface area contributed by atoms with E-state index in [1.165, 1.54) is 29.6 Å². The van der Waals surface area contributed by atoms with Crippen molar-refractivity contribution >= 4 is 17.2 Å². The Balaban J connectivity index is 1.36. The van der Waals surface area contributed by atoms with E-state index in [4.69, 9.17) is 14.8 Å². The number of piperazine rings is 1. The fourth-order valence-corrected chi connectivity index (χ4v) is 4.50. The molecule has 1 atom stereocenters. The third kappa shape index (κ3) is 2.65. The van der Waals surface area contributed by atoms with E-state index in [0.29, 0.717) is 13.2 Å². The average Bonchev–Trinajstić information content (AvgIpc) is 3.35. The number of nitrogens with zero attached hydrogens (tertiary/aromatic N) is 5. The van der Waals surface area contributed by atoms with Crippen molar-refractivity contribution in [3.63, 3.8) is 0 Å². The van der Waals surface area contributed by atoms with Crippen LogP contribution in [-0.2, 0) is 22.4 Å². The zero-order valence-electron chi connectivity index (χ0n) is 15.1. The predicted molar refractivity (Wildman–Crippen MR) is 97.3 cm³/mol. The van der Waals surface area contributed by atoms with Crippen LogP contribution >= 0.6 is 0 Å². The smallest absolute Gasteiger partial charge is 0.228 e. The van der Waals surface area contributed by atoms with Gasteiger partial charge in [0.05, 0.1) is 18.2 Å². The molecule has 0 saturated carbocycles. The Bertz CT molecular complexity index is 819. The largest absolute Gasteiger partial charge is 0.381 e. The first-order valence-corrected chi connectivity index (χ1v) is 9.78. The molecule has 1 unspecified atom stereocenters. The third-order valence-corrected chi connectivity index (χ3v) is 5.97. The zero-order chi connectivity index (χ0) is 17.5. The molecule has 1 amide bonds. The number of carbonyl (C=O) groups is 1. The second kappa shape index (κ2) is 6.54. The van der Waals surface area contributed by atoms with E-state index in [1.807, 2.05) is 21.8 Å². The predicted octanol–water partition coefficient (Wildman–Crippen LogP) is 1.29. The van der Waals surface area contributed by atoms with Gasteiger partial charge >= 0.3 is 0 Å². The molecule has 138 valence electrons. The second-order valence-corrected chi connectivity index (χ2v) is 7.55. The highest BCUT2D eigenvalue weighted by atomic mass is 16.5. The summed E-state index contributed by atoms with van der Waals surface area (Å²) in [5.74, 6) is 1.35. The second-order valence-electron chi connectivity index (χ2n) is 7.55. The fourth-order valence-electron chi connectivity index (χ4n) is 4.50. The summed E-state index contributed by atoms with van der Waals surface area (Å²) in [7, 11) is 0. The number of hydrogen-bond donors (Lipinski definition) is 0. The number of ether oxygens (including phenoxy) is 1. The van der Waals surface area contributed by atoms with Crippen LogP contribution in [0.4, 0.5) is 5.82 Å². The van der Waals surface area contributed by atoms with Gasteiger partial charge in [-0.2, -0.15) is 5.10 Å². The van der Waals surface area contributed by atoms with Gasteiger partial charge in [-0.05, 0) is 32.1 Å². The maximum Gasteiger partial charge on any atom is 0.228 e. The summed E-state index contributed by atoms with van der Waals surface area (Å²) < 4.78 is 7.38. The van der Waals surface area contributed by atoms with Crippen molar-refractivity contribution in [2.45, 2.75) is 32.1 Å². The molecular formula is C19H25N5O2. The van der Waals surface area contributed by atoms with Crippen molar-refractivity contribution in [3.05, 3.63) is 23.7 Å². The molecule has 5 rings (SSSR count). The van der Waals surface area contributed by atoms with Crippen LogP contribution < -0.4 is 4.90 Å². The molecule has 2 fully saturated rings. The Morgan fingerprint density at radius 2 is 2.00 bits per heavy atom. The van der Waals surface area contributed by atoms with Gasteiger partial charge in [0.1, 0.15) is 5.52 Å². The molecule has 2 saturated heterocycles. The van der Waals surface area contributed by atoms with Crippen molar-refractivity contribution in [1.82, 2.24) is 19.5 Å². The average molecular weight is 355 g/mol. The molecule has 0 aromatic carbocycles. The van der Waals surface area contributed by atoms with Crippen molar-refractivity contribution in [2.24, 2.45) is 5.92 Å². The summed E-state index contributed by atoms with van der Waals surface area (Å²) in [4.78, 5) is 21.6. The van der Waals surface area contributed by atoms with Crippen LogP contribution in [0.3, 0.4) is 0 Å². The Morgan fingerprint density at radius 3 is 2.81 bits per heavy atom. The SMILES string of the molecule is O=C(C1CCOC1)N1CCN(c2nccn3nc4c(c23)CCCC4)CC1. The standard InChI is InChI=1S/C19H25N5O2/c25-19(14-5-12-26-13-14)23-10-8-22(9-11-23)18-17-15-3-1-2-4-16(15)21-24(17)7-6-20-18/h6-7,14H,1-5,8-13H2. The lowest BCUT2D eigenvalue weighted by Crippen LogP contribution is -2.50. The molecule has 0 N–H and O–H groups in total. The van der Waals surface area contributed by atoms with Crippen LogP contribution in [0.25, 0.3) is 5.52 Å². The van der Waals surface area contributed by atoms with Crippen LogP contribution in [-0.4, -0.2) is 64.8 Å². The first kappa shape index (κ1) is 16.1. The van der Waals surface area contributed by atoms with Crippen LogP contribution in [0.1, 0.15) is 30.5 Å². The number of anilines is 1. The Kier molecular flexibility index (Phi) is 4.04. The normalized spacial score (nSPS) is 23.5. The number of carbonyl (C=O) groups excluding carboxylic acids is 1. The van der Waals surface area contributed by atoms with E-state index in [2.05, 4.69) is 4.90 Å². The van der Waals surface area contributed by atoms with E-state index in [0.717, 1.165) is 51.3 Å². The van der Waals surface area contributed by atoms with Crippen molar-refractivity contribution in [3.8, 4) is 0 Å². The minimum absolute atomic E-state index is 0.0601. The lowest BCUT2D eigenvalue weighted by molar-refractivity contribution is -0.135. The van der Waals surface area contributed by atoms with E-state index in [9.17, 15) is 4.79 Å². The van der Waals surface area contributed by atoms with Crippen molar-refractivity contribution in [1.29, 1.82) is 0 Å². The number of aromatic nitrogens is 3. The molecule has 2 aliphatic heterocycles. The number of aryl methyl sites for hydroxylation is 2. The highest BCUT2D eigenvalue weighted by Gasteiger charge is 2.31. The molecule has 7 heteroatoms. The maximum atomic E-state index is 12.6. The van der Waals surface area contributed by atoms with Crippen LogP contribution in [0.15, 0.2) is 12.4 Å². The summed E-state index contributed by atoms with van der Waals surface area (Å²) in [6.45, 7) is 4.47. The Hall–Kier alpha value is -2.15. The molecule has 0 radical (unpaired) electrons. The number of rotatable bonds is 2. The first-order chi connectivity index (χ1) is 12.8. The molecule has 3 aliphatic rings. The van der Waals surface area contributed by atoms with Gasteiger partial charge in [-0.25, -0.2) is 9.50 Å². The van der Waals surface area contributed by atoms with Gasteiger partial charge in [0.2, 0.25) is 5.91 Å². The lowest BCUT2D eigenvalue weighted by Gasteiger charge is -2.36. The van der Waals surface area contributed by atoms with Gasteiger partial charge < -0.3 is 14.5 Å². The summed E-state index contributed by atoms with van der Waals surface area (Å²) in [6.07, 6.45) is 9.28. The molecule has 4 heterocycles. The summed E-state index contributed by atoms with van der Waals surface area (Å²) in [5.41, 5.74) is 3.78. The Labute approximate surface area is 152 Å². The van der Waals surface area contributed by atoms with E-state index in [1.54, 1.807) is 0 Å². The highest BCUT2D eigenvalue weighted by molar-refractivity contribution is 5.80. The molecule has 2 aromatic heterocycles. The van der Waals surface area contributed by atoms with Gasteiger partial charge in [0.25, 0.3) is 0 Å². The van der Waals surface area contributed by atoms with Crippen molar-refractivity contribution < 1.29 is 9.53 Å². The minimum atomic E-state index is 0.0601. The molecule has 7 nitrogen and oxygen atoms in total. The van der Waals surface area contributed by atoms with Crippen LogP contribution in [0.5, 0.6) is 0 Å². The molecule has 0 spiro atoms. The number of fused-ring (bicyclic) bond motifs is 3. The quantitative estimate of drug-likeness (QED) is 0.812. The summed E-state index contributed by atoms with van der Waals surface area (Å²) >= 11 is 0. The summed E-state index contributed by atoms with van der Waals surface area (Å²) in [6, 6.07) is 0. The van der Waals surface area contributed by atoms with E-state index in [-0.39, 0.29) is 11.8 Å². The highest BCUT2D eigenvalue weighted by Crippen LogP contribution is 2.30. The van der Waals surface area contributed by atoms with E-state index >= 15 is 0 Å². The first-order valence-electron chi connectivity index (χ1n) is 9.78. The monoisotopic (exact) mass is 355 g/mol. The van der Waals surface area contributed by atoms with E-state index < -0.39 is 0 Å². The van der Waals surface area contributed by atoms with Gasteiger partial charge in [0.15, 0.2) is 5.82 Å². The van der Waals surface area contributed by atoms with Crippen LogP contribution in [0, 0.1) is 5.92 Å². The maximum absolute atomic E-state index is 12.6. The summed E-state index contributed by atoms with van der Waals surface area (Å²) in [5, 5.41) is 4.78. The van der Waals surface area contributed by atoms with Crippen molar-refractivity contribution in [2.75, 3.05) is 44.3 Å². The van der Waals surface area contributed by atoms with Gasteiger partial charge in [0, 0.05) is 50.7 Å². The fraction of sp³-hybridized carbons (Fsp3) is 0.632. The van der Waals surface area contributed by atoms with Gasteiger partial charge in [-0.1, -0.05) is 0 Å². The minimum Gasteiger partial charge on any atom is -0.381 e. The molecular weight excluding hydrogens is 330 g/mol. The Morgan fingerprint density at radius 1 is 1.15 bits per heavy atom. The molecule has 2 aromatic rings. The topological polar surface area (TPSA) is 63.0 Å². The number of amides is 1. The molecule has 26 heavy (non-hydrogen) atoms.